The molecule has 1 aromatic carbocycles. The van der Waals surface area contributed by atoms with Crippen molar-refractivity contribution in [2.24, 2.45) is 0 Å². The zero-order valence-electron chi connectivity index (χ0n) is 10.2. The third kappa shape index (κ3) is 4.64. The van der Waals surface area contributed by atoms with Crippen LogP contribution in [0.5, 0.6) is 5.75 Å². The third-order valence-corrected chi connectivity index (χ3v) is 2.37. The first kappa shape index (κ1) is 13.0. The van der Waals surface area contributed by atoms with E-state index in [0.717, 1.165) is 11.3 Å². The number of ether oxygens (including phenoxy) is 1. The average Bonchev–Trinajstić information content (AvgIpc) is 2.26. The molecule has 0 saturated carbocycles. The molecule has 3 heteroatoms. The van der Waals surface area contributed by atoms with Gasteiger partial charge in [-0.2, -0.15) is 0 Å². The molecule has 0 aliphatic heterocycles. The first-order chi connectivity index (χ1) is 7.61. The zero-order chi connectivity index (χ0) is 12.0. The summed E-state index contributed by atoms with van der Waals surface area (Å²) in [6, 6.07) is 8.21. The molecule has 90 valence electrons. The molecule has 16 heavy (non-hydrogen) atoms. The fraction of sp³-hybridized carbons (Fsp3) is 0.538. The molecular weight excluding hydrogens is 202 g/mol. The van der Waals surface area contributed by atoms with Crippen molar-refractivity contribution in [3.63, 3.8) is 0 Å². The molecule has 0 aliphatic carbocycles. The third-order valence-electron chi connectivity index (χ3n) is 2.37. The Morgan fingerprint density at radius 1 is 1.38 bits per heavy atom. The second-order valence-electron chi connectivity index (χ2n) is 4.27. The van der Waals surface area contributed by atoms with Crippen molar-refractivity contribution in [1.29, 1.82) is 0 Å². The van der Waals surface area contributed by atoms with E-state index in [1.807, 2.05) is 24.3 Å². The van der Waals surface area contributed by atoms with Crippen LogP contribution in [0.25, 0.3) is 0 Å². The highest BCUT2D eigenvalue weighted by molar-refractivity contribution is 5.28. The van der Waals surface area contributed by atoms with E-state index in [1.165, 1.54) is 0 Å². The van der Waals surface area contributed by atoms with E-state index in [4.69, 9.17) is 4.74 Å². The zero-order valence-corrected chi connectivity index (χ0v) is 10.2. The van der Waals surface area contributed by atoms with Gasteiger partial charge >= 0.3 is 0 Å². The van der Waals surface area contributed by atoms with E-state index >= 15 is 0 Å². The van der Waals surface area contributed by atoms with Crippen molar-refractivity contribution in [2.45, 2.75) is 32.4 Å². The van der Waals surface area contributed by atoms with Gasteiger partial charge in [0, 0.05) is 12.6 Å². The fourth-order valence-corrected chi connectivity index (χ4v) is 1.52. The van der Waals surface area contributed by atoms with Crippen LogP contribution in [0.1, 0.15) is 19.4 Å². The summed E-state index contributed by atoms with van der Waals surface area (Å²) in [5.74, 6) is 0.835. The molecule has 0 saturated heterocycles. The molecule has 0 amide bonds. The highest BCUT2D eigenvalue weighted by atomic mass is 16.5. The van der Waals surface area contributed by atoms with E-state index in [9.17, 15) is 5.11 Å². The molecule has 0 heterocycles. The van der Waals surface area contributed by atoms with E-state index < -0.39 is 0 Å². The van der Waals surface area contributed by atoms with E-state index in [0.29, 0.717) is 19.0 Å². The quantitative estimate of drug-likeness (QED) is 0.769. The van der Waals surface area contributed by atoms with Crippen LogP contribution in [0.15, 0.2) is 24.3 Å². The van der Waals surface area contributed by atoms with E-state index in [1.54, 1.807) is 7.11 Å². The maximum Gasteiger partial charge on any atom is 0.119 e. The summed E-state index contributed by atoms with van der Waals surface area (Å²) in [5, 5.41) is 13.0. The van der Waals surface area contributed by atoms with Crippen molar-refractivity contribution in [1.82, 2.24) is 5.32 Å². The minimum atomic E-state index is -0.352. The van der Waals surface area contributed by atoms with E-state index in [2.05, 4.69) is 19.2 Å². The largest absolute Gasteiger partial charge is 0.497 e. The minimum Gasteiger partial charge on any atom is -0.497 e. The molecule has 2 N–H and O–H groups in total. The highest BCUT2D eigenvalue weighted by Gasteiger charge is 2.06. The van der Waals surface area contributed by atoms with Gasteiger partial charge in [-0.25, -0.2) is 0 Å². The summed E-state index contributed by atoms with van der Waals surface area (Å²) in [7, 11) is 1.65. The maximum atomic E-state index is 9.81. The van der Waals surface area contributed by atoms with Gasteiger partial charge in [0.2, 0.25) is 0 Å². The van der Waals surface area contributed by atoms with Crippen molar-refractivity contribution >= 4 is 0 Å². The maximum absolute atomic E-state index is 9.81. The van der Waals surface area contributed by atoms with Gasteiger partial charge in [0.15, 0.2) is 0 Å². The molecule has 1 aromatic rings. The number of rotatable bonds is 6. The Morgan fingerprint density at radius 3 is 2.75 bits per heavy atom. The summed E-state index contributed by atoms with van der Waals surface area (Å²) in [6.45, 7) is 4.76. The predicted octanol–water partition coefficient (Wildman–Crippen LogP) is 1.60. The van der Waals surface area contributed by atoms with Gasteiger partial charge < -0.3 is 15.2 Å². The lowest BCUT2D eigenvalue weighted by Gasteiger charge is -2.14. The molecule has 0 bridgehead atoms. The number of nitrogens with one attached hydrogen (secondary N) is 1. The lowest BCUT2D eigenvalue weighted by Crippen LogP contribution is -2.33. The normalized spacial score (nSPS) is 12.8. The van der Waals surface area contributed by atoms with Gasteiger partial charge in [0.1, 0.15) is 5.75 Å². The van der Waals surface area contributed by atoms with Crippen molar-refractivity contribution in [3.8, 4) is 5.75 Å². The van der Waals surface area contributed by atoms with Crippen molar-refractivity contribution < 1.29 is 9.84 Å². The SMILES string of the molecule is COc1cccc(CC(O)CNC(C)C)c1. The number of hydrogen-bond donors (Lipinski definition) is 2. The number of hydrogen-bond acceptors (Lipinski definition) is 3. The Balaban J connectivity index is 2.45. The van der Waals surface area contributed by atoms with Crippen molar-refractivity contribution in [3.05, 3.63) is 29.8 Å². The van der Waals surface area contributed by atoms with Crippen LogP contribution >= 0.6 is 0 Å². The van der Waals surface area contributed by atoms with Gasteiger partial charge in [0.05, 0.1) is 13.2 Å². The van der Waals surface area contributed by atoms with Gasteiger partial charge in [0.25, 0.3) is 0 Å². The summed E-state index contributed by atoms with van der Waals surface area (Å²) in [4.78, 5) is 0. The van der Waals surface area contributed by atoms with Crippen LogP contribution in [0.4, 0.5) is 0 Å². The van der Waals surface area contributed by atoms with E-state index in [-0.39, 0.29) is 6.10 Å². The van der Waals surface area contributed by atoms with Crippen LogP contribution < -0.4 is 10.1 Å². The molecule has 0 aromatic heterocycles. The van der Waals surface area contributed by atoms with Crippen LogP contribution in [0.3, 0.4) is 0 Å². The summed E-state index contributed by atoms with van der Waals surface area (Å²) in [5.41, 5.74) is 1.09. The van der Waals surface area contributed by atoms with Gasteiger partial charge in [-0.15, -0.1) is 0 Å². The predicted molar refractivity (Wildman–Crippen MR) is 65.8 cm³/mol. The Hall–Kier alpha value is -1.06. The number of aliphatic hydroxyl groups is 1. The molecule has 1 unspecified atom stereocenters. The Labute approximate surface area is 97.4 Å². The molecule has 0 fully saturated rings. The fourth-order valence-electron chi connectivity index (χ4n) is 1.52. The number of aliphatic hydroxyl groups excluding tert-OH is 1. The molecule has 3 nitrogen and oxygen atoms in total. The monoisotopic (exact) mass is 223 g/mol. The molecule has 0 radical (unpaired) electrons. The second-order valence-corrected chi connectivity index (χ2v) is 4.27. The van der Waals surface area contributed by atoms with Gasteiger partial charge in [-0.05, 0) is 24.1 Å². The smallest absolute Gasteiger partial charge is 0.119 e. The lowest BCUT2D eigenvalue weighted by molar-refractivity contribution is 0.169. The Kier molecular flexibility index (Phi) is 5.29. The van der Waals surface area contributed by atoms with Crippen LogP contribution in [-0.4, -0.2) is 30.9 Å². The molecular formula is C13H21NO2. The number of methoxy groups -OCH3 is 1. The average molecular weight is 223 g/mol. The van der Waals surface area contributed by atoms with Crippen LogP contribution in [0.2, 0.25) is 0 Å². The standard InChI is InChI=1S/C13H21NO2/c1-10(2)14-9-12(15)7-11-5-4-6-13(8-11)16-3/h4-6,8,10,12,14-15H,7,9H2,1-3H3. The lowest BCUT2D eigenvalue weighted by atomic mass is 10.1. The minimum absolute atomic E-state index is 0.352. The number of benzene rings is 1. The summed E-state index contributed by atoms with van der Waals surface area (Å²) in [6.07, 6.45) is 0.297. The first-order valence-electron chi connectivity index (χ1n) is 5.66. The van der Waals surface area contributed by atoms with Crippen LogP contribution in [0, 0.1) is 0 Å². The van der Waals surface area contributed by atoms with Gasteiger partial charge in [-0.1, -0.05) is 26.0 Å². The molecule has 0 aliphatic rings. The summed E-state index contributed by atoms with van der Waals surface area (Å²) >= 11 is 0. The van der Waals surface area contributed by atoms with Crippen molar-refractivity contribution in [2.75, 3.05) is 13.7 Å². The Morgan fingerprint density at radius 2 is 2.12 bits per heavy atom. The molecule has 1 rings (SSSR count). The second kappa shape index (κ2) is 6.51. The van der Waals surface area contributed by atoms with Crippen LogP contribution in [-0.2, 0) is 6.42 Å². The van der Waals surface area contributed by atoms with Gasteiger partial charge in [-0.3, -0.25) is 0 Å². The molecule has 0 spiro atoms. The molecule has 1 atom stereocenters. The Bertz CT molecular complexity index is 313. The first-order valence-corrected chi connectivity index (χ1v) is 5.66. The summed E-state index contributed by atoms with van der Waals surface area (Å²) < 4.78 is 5.14. The highest BCUT2D eigenvalue weighted by Crippen LogP contribution is 2.13. The topological polar surface area (TPSA) is 41.5 Å².